The van der Waals surface area contributed by atoms with Crippen LogP contribution in [0.5, 0.6) is 11.6 Å². The monoisotopic (exact) mass is 353 g/mol. The van der Waals surface area contributed by atoms with Crippen LogP contribution in [0.1, 0.15) is 5.56 Å². The van der Waals surface area contributed by atoms with Crippen LogP contribution in [0.25, 0.3) is 6.08 Å². The summed E-state index contributed by atoms with van der Waals surface area (Å²) in [4.78, 5) is 14.7. The molecule has 0 aliphatic carbocycles. The van der Waals surface area contributed by atoms with E-state index >= 15 is 0 Å². The Morgan fingerprint density at radius 2 is 2.20 bits per heavy atom. The Hall–Kier alpha value is -1.85. The summed E-state index contributed by atoms with van der Waals surface area (Å²) in [5.41, 5.74) is 0.566. The van der Waals surface area contributed by atoms with E-state index in [1.807, 2.05) is 0 Å². The molecule has 6 heteroatoms. The van der Waals surface area contributed by atoms with Gasteiger partial charge in [0, 0.05) is 22.9 Å². The predicted octanol–water partition coefficient (Wildman–Crippen LogP) is 4.39. The maximum absolute atomic E-state index is 10.6. The lowest BCUT2D eigenvalue weighted by molar-refractivity contribution is -0.131. The molecule has 2 aromatic rings. The molecular formula is C14H9BrClNO3. The number of carboxylic acid groups (broad SMARTS) is 1. The highest BCUT2D eigenvalue weighted by Gasteiger charge is 2.07. The van der Waals surface area contributed by atoms with E-state index in [1.54, 1.807) is 36.5 Å². The van der Waals surface area contributed by atoms with Crippen molar-refractivity contribution in [2.45, 2.75) is 0 Å². The van der Waals surface area contributed by atoms with Crippen LogP contribution < -0.4 is 4.74 Å². The van der Waals surface area contributed by atoms with Crippen LogP contribution in [0.3, 0.4) is 0 Å². The molecule has 4 nitrogen and oxygen atoms in total. The lowest BCUT2D eigenvalue weighted by Crippen LogP contribution is -1.92. The van der Waals surface area contributed by atoms with Crippen LogP contribution in [-0.4, -0.2) is 16.1 Å². The molecule has 1 aromatic carbocycles. The van der Waals surface area contributed by atoms with Crippen LogP contribution in [0.4, 0.5) is 0 Å². The van der Waals surface area contributed by atoms with Gasteiger partial charge in [0.1, 0.15) is 5.75 Å². The Kier molecular flexibility index (Phi) is 4.76. The van der Waals surface area contributed by atoms with Gasteiger partial charge >= 0.3 is 5.97 Å². The minimum atomic E-state index is -1.03. The average molecular weight is 355 g/mol. The standard InChI is InChI=1S/C14H9BrClNO3/c15-11-8-10(16)4-5-12(11)20-14-9(2-1-7-17-14)3-6-13(18)19/h1-8H,(H,18,19)/b6-3+. The Morgan fingerprint density at radius 1 is 1.40 bits per heavy atom. The number of carbonyl (C=O) groups is 1. The van der Waals surface area contributed by atoms with E-state index in [4.69, 9.17) is 21.4 Å². The third kappa shape index (κ3) is 3.82. The fourth-order valence-corrected chi connectivity index (χ4v) is 2.20. The average Bonchev–Trinajstić information content (AvgIpc) is 2.41. The molecule has 1 aromatic heterocycles. The van der Waals surface area contributed by atoms with Gasteiger partial charge in [0.15, 0.2) is 0 Å². The summed E-state index contributed by atoms with van der Waals surface area (Å²) in [6.45, 7) is 0. The van der Waals surface area contributed by atoms with Crippen molar-refractivity contribution < 1.29 is 14.6 Å². The fraction of sp³-hybridized carbons (Fsp3) is 0. The molecule has 102 valence electrons. The van der Waals surface area contributed by atoms with E-state index in [1.165, 1.54) is 6.08 Å². The quantitative estimate of drug-likeness (QED) is 0.827. The van der Waals surface area contributed by atoms with Crippen molar-refractivity contribution in [2.75, 3.05) is 0 Å². The lowest BCUT2D eigenvalue weighted by atomic mass is 10.2. The SMILES string of the molecule is O=C(O)/C=C/c1cccnc1Oc1ccc(Cl)cc1Br. The highest BCUT2D eigenvalue weighted by atomic mass is 79.9. The van der Waals surface area contributed by atoms with Crippen LogP contribution in [0, 0.1) is 0 Å². The molecule has 0 aliphatic rings. The van der Waals surface area contributed by atoms with Crippen LogP contribution >= 0.6 is 27.5 Å². The number of hydrogen-bond acceptors (Lipinski definition) is 3. The third-order valence-electron chi connectivity index (χ3n) is 2.31. The Labute approximate surface area is 128 Å². The van der Waals surface area contributed by atoms with Crippen molar-refractivity contribution in [3.63, 3.8) is 0 Å². The summed E-state index contributed by atoms with van der Waals surface area (Å²) in [6.07, 6.45) is 4.02. The number of rotatable bonds is 4. The zero-order valence-electron chi connectivity index (χ0n) is 10.1. The predicted molar refractivity (Wildman–Crippen MR) is 80.1 cm³/mol. The first-order valence-electron chi connectivity index (χ1n) is 5.55. The van der Waals surface area contributed by atoms with Crippen molar-refractivity contribution in [2.24, 2.45) is 0 Å². The second-order valence-electron chi connectivity index (χ2n) is 3.75. The maximum Gasteiger partial charge on any atom is 0.328 e. The number of aliphatic carboxylic acids is 1. The second kappa shape index (κ2) is 6.54. The van der Waals surface area contributed by atoms with Crippen molar-refractivity contribution in [3.05, 3.63) is 57.7 Å². The number of halogens is 2. The van der Waals surface area contributed by atoms with Crippen LogP contribution in [-0.2, 0) is 4.79 Å². The molecule has 0 saturated heterocycles. The highest BCUT2D eigenvalue weighted by Crippen LogP contribution is 2.32. The molecule has 0 bridgehead atoms. The van der Waals surface area contributed by atoms with Crippen molar-refractivity contribution in [1.29, 1.82) is 0 Å². The van der Waals surface area contributed by atoms with Gasteiger partial charge in [-0.3, -0.25) is 0 Å². The van der Waals surface area contributed by atoms with E-state index in [9.17, 15) is 4.79 Å². The summed E-state index contributed by atoms with van der Waals surface area (Å²) in [5.74, 6) is -0.182. The van der Waals surface area contributed by atoms with Crippen LogP contribution in [0.15, 0.2) is 47.1 Å². The molecule has 0 fully saturated rings. The van der Waals surface area contributed by atoms with Gasteiger partial charge in [-0.1, -0.05) is 11.6 Å². The minimum absolute atomic E-state index is 0.313. The molecule has 0 saturated carbocycles. The van der Waals surface area contributed by atoms with E-state index in [0.717, 1.165) is 6.08 Å². The van der Waals surface area contributed by atoms with E-state index in [-0.39, 0.29) is 0 Å². The third-order valence-corrected chi connectivity index (χ3v) is 3.16. The number of carboxylic acids is 1. The smallest absolute Gasteiger partial charge is 0.328 e. The van der Waals surface area contributed by atoms with E-state index < -0.39 is 5.97 Å². The topological polar surface area (TPSA) is 59.4 Å². The summed E-state index contributed by atoms with van der Waals surface area (Å²) in [5, 5.41) is 9.24. The number of nitrogens with zero attached hydrogens (tertiary/aromatic N) is 1. The molecule has 0 radical (unpaired) electrons. The Morgan fingerprint density at radius 3 is 2.90 bits per heavy atom. The van der Waals surface area contributed by atoms with Gasteiger partial charge in [-0.25, -0.2) is 9.78 Å². The zero-order valence-corrected chi connectivity index (χ0v) is 12.4. The number of pyridine rings is 1. The van der Waals surface area contributed by atoms with Crippen molar-refractivity contribution >= 4 is 39.6 Å². The van der Waals surface area contributed by atoms with Gasteiger partial charge in [0.2, 0.25) is 5.88 Å². The van der Waals surface area contributed by atoms with Gasteiger partial charge in [0.05, 0.1) is 4.47 Å². The second-order valence-corrected chi connectivity index (χ2v) is 5.04. The molecule has 0 amide bonds. The van der Waals surface area contributed by atoms with Gasteiger partial charge in [-0.2, -0.15) is 0 Å². The molecule has 0 aliphatic heterocycles. The number of hydrogen-bond donors (Lipinski definition) is 1. The molecular weight excluding hydrogens is 346 g/mol. The summed E-state index contributed by atoms with van der Waals surface area (Å²) < 4.78 is 6.35. The van der Waals surface area contributed by atoms with Crippen molar-refractivity contribution in [3.8, 4) is 11.6 Å². The summed E-state index contributed by atoms with van der Waals surface area (Å²) in [7, 11) is 0. The fourth-order valence-electron chi connectivity index (χ4n) is 1.44. The molecule has 0 spiro atoms. The van der Waals surface area contributed by atoms with Crippen LogP contribution in [0.2, 0.25) is 5.02 Å². The molecule has 1 N–H and O–H groups in total. The first kappa shape index (κ1) is 14.6. The van der Waals surface area contributed by atoms with Crippen molar-refractivity contribution in [1.82, 2.24) is 4.98 Å². The Bertz CT molecular complexity index is 673. The summed E-state index contributed by atoms with van der Waals surface area (Å²) in [6, 6.07) is 8.51. The first-order chi connectivity index (χ1) is 9.56. The minimum Gasteiger partial charge on any atom is -0.478 e. The maximum atomic E-state index is 10.6. The normalized spacial score (nSPS) is 10.7. The lowest BCUT2D eigenvalue weighted by Gasteiger charge is -2.09. The molecule has 2 rings (SSSR count). The number of ether oxygens (including phenoxy) is 1. The number of aromatic nitrogens is 1. The van der Waals surface area contributed by atoms with Gasteiger partial charge in [0.25, 0.3) is 0 Å². The molecule has 1 heterocycles. The van der Waals surface area contributed by atoms with Gasteiger partial charge in [-0.05, 0) is 52.3 Å². The van der Waals surface area contributed by atoms with E-state index in [0.29, 0.717) is 26.7 Å². The summed E-state index contributed by atoms with van der Waals surface area (Å²) >= 11 is 9.20. The Balaban J connectivity index is 2.31. The van der Waals surface area contributed by atoms with E-state index in [2.05, 4.69) is 20.9 Å². The first-order valence-corrected chi connectivity index (χ1v) is 6.72. The van der Waals surface area contributed by atoms with Gasteiger partial charge < -0.3 is 9.84 Å². The zero-order chi connectivity index (χ0) is 14.5. The molecule has 20 heavy (non-hydrogen) atoms. The largest absolute Gasteiger partial charge is 0.478 e. The number of benzene rings is 1. The highest BCUT2D eigenvalue weighted by molar-refractivity contribution is 9.10. The molecule has 0 atom stereocenters. The van der Waals surface area contributed by atoms with Gasteiger partial charge in [-0.15, -0.1) is 0 Å². The molecule has 0 unspecified atom stereocenters.